The minimum absolute atomic E-state index is 0.256. The zero-order valence-corrected chi connectivity index (χ0v) is 16.1. The van der Waals surface area contributed by atoms with Gasteiger partial charge in [0.15, 0.2) is 23.8 Å². The van der Waals surface area contributed by atoms with Crippen LogP contribution in [0, 0.1) is 11.6 Å². The average Bonchev–Trinajstić information content (AvgIpc) is 2.86. The monoisotopic (exact) mass is 440 g/mol. The number of aromatic nitrogens is 1. The van der Waals surface area contributed by atoms with E-state index in [2.05, 4.69) is 4.98 Å². The molecule has 0 unspecified atom stereocenters. The van der Waals surface area contributed by atoms with Gasteiger partial charge in [0.1, 0.15) is 0 Å². The molecule has 1 aliphatic rings. The number of fused-ring (bicyclic) bond motifs is 1. The normalized spacial score (nSPS) is 22.2. The summed E-state index contributed by atoms with van der Waals surface area (Å²) in [5, 5.41) is 42.7. The molecule has 1 aromatic carbocycles. The van der Waals surface area contributed by atoms with Crippen LogP contribution in [0.3, 0.4) is 0 Å². The van der Waals surface area contributed by atoms with E-state index < -0.39 is 47.9 Å². The summed E-state index contributed by atoms with van der Waals surface area (Å²) in [6.07, 6.45) is -2.78. The van der Waals surface area contributed by atoms with Crippen LogP contribution in [0.15, 0.2) is 36.5 Å². The Balaban J connectivity index is 0.000000291. The van der Waals surface area contributed by atoms with Crippen molar-refractivity contribution in [1.82, 2.24) is 4.98 Å². The molecule has 31 heavy (non-hydrogen) atoms. The van der Waals surface area contributed by atoms with Crippen molar-refractivity contribution >= 4 is 11.9 Å². The van der Waals surface area contributed by atoms with Crippen molar-refractivity contribution in [3.05, 3.63) is 65.0 Å². The zero-order valence-electron chi connectivity index (χ0n) is 16.1. The van der Waals surface area contributed by atoms with Gasteiger partial charge in [-0.1, -0.05) is 18.2 Å². The highest BCUT2D eigenvalue weighted by Crippen LogP contribution is 2.41. The molecule has 0 aliphatic heterocycles. The van der Waals surface area contributed by atoms with Gasteiger partial charge in [0.05, 0.1) is 11.8 Å². The number of carboxylic acids is 2. The summed E-state index contributed by atoms with van der Waals surface area (Å²) in [6.45, 7) is 0. The van der Waals surface area contributed by atoms with Crippen molar-refractivity contribution in [3.8, 4) is 0 Å². The van der Waals surface area contributed by atoms with Crippen molar-refractivity contribution in [1.29, 1.82) is 0 Å². The second-order valence-corrected chi connectivity index (χ2v) is 6.91. The van der Waals surface area contributed by atoms with Crippen LogP contribution in [0.2, 0.25) is 0 Å². The molecule has 0 bridgehead atoms. The summed E-state index contributed by atoms with van der Waals surface area (Å²) < 4.78 is 27.5. The number of aliphatic carboxylic acids is 2. The number of hydrogen-bond donors (Lipinski definition) is 6. The number of carbonyl (C=O) groups is 2. The van der Waals surface area contributed by atoms with E-state index in [4.69, 9.17) is 26.2 Å². The van der Waals surface area contributed by atoms with E-state index in [9.17, 15) is 23.5 Å². The number of nitrogens with zero attached hydrogens (tertiary/aromatic N) is 1. The molecule has 168 valence electrons. The van der Waals surface area contributed by atoms with Crippen molar-refractivity contribution in [2.24, 2.45) is 5.73 Å². The van der Waals surface area contributed by atoms with Crippen molar-refractivity contribution < 1.29 is 43.9 Å². The average molecular weight is 440 g/mol. The Hall–Kier alpha value is -2.99. The Kier molecular flexibility index (Phi) is 8.11. The van der Waals surface area contributed by atoms with Gasteiger partial charge in [-0.25, -0.2) is 18.4 Å². The van der Waals surface area contributed by atoms with Crippen LogP contribution in [-0.4, -0.2) is 54.7 Å². The van der Waals surface area contributed by atoms with Gasteiger partial charge in [0, 0.05) is 18.2 Å². The summed E-state index contributed by atoms with van der Waals surface area (Å²) in [5.74, 6) is -5.67. The molecule has 0 amide bonds. The van der Waals surface area contributed by atoms with E-state index in [0.29, 0.717) is 24.1 Å². The van der Waals surface area contributed by atoms with E-state index in [0.717, 1.165) is 6.07 Å². The van der Waals surface area contributed by atoms with E-state index in [1.165, 1.54) is 6.07 Å². The van der Waals surface area contributed by atoms with Gasteiger partial charge in [-0.05, 0) is 36.1 Å². The Morgan fingerprint density at radius 3 is 2.16 bits per heavy atom. The van der Waals surface area contributed by atoms with Gasteiger partial charge in [-0.3, -0.25) is 4.98 Å². The Morgan fingerprint density at radius 2 is 1.58 bits per heavy atom. The van der Waals surface area contributed by atoms with Crippen LogP contribution in [0.4, 0.5) is 8.78 Å². The maximum atomic E-state index is 14.1. The first kappa shape index (κ1) is 24.3. The van der Waals surface area contributed by atoms with E-state index >= 15 is 0 Å². The molecule has 1 heterocycles. The number of nitrogens with two attached hydrogens (primary N) is 1. The fraction of sp³-hybridized carbons (Fsp3) is 0.350. The van der Waals surface area contributed by atoms with Gasteiger partial charge in [0.25, 0.3) is 0 Å². The van der Waals surface area contributed by atoms with Gasteiger partial charge >= 0.3 is 11.9 Å². The molecule has 11 heteroatoms. The SMILES string of the molecule is N[C@@H]1c2cccnc2[C@H](O)CC[C@H]1c1cccc(F)c1F.O=C(O)[C@H](O)[C@@H](O)C(=O)O. The lowest BCUT2D eigenvalue weighted by molar-refractivity contribution is -0.165. The standard InChI is InChI=1S/C16H16F2N2O.C4H6O6/c17-12-5-1-3-9(14(12)18)10-6-7-13(21)16-11(15(10)19)4-2-8-20-16;5-1(3(7)8)2(6)4(9)10/h1-5,8,10,13,15,21H,6-7,19H2;1-2,5-6H,(H,7,8)(H,9,10)/t10-,13+,15-;1-,2-/m01/s1. The lowest BCUT2D eigenvalue weighted by Gasteiger charge is -2.23. The molecule has 0 fully saturated rings. The van der Waals surface area contributed by atoms with E-state index in [1.54, 1.807) is 24.4 Å². The molecular weight excluding hydrogens is 418 g/mol. The lowest BCUT2D eigenvalue weighted by Crippen LogP contribution is -2.39. The molecule has 9 nitrogen and oxygen atoms in total. The fourth-order valence-corrected chi connectivity index (χ4v) is 3.29. The van der Waals surface area contributed by atoms with Crippen molar-refractivity contribution in [2.75, 3.05) is 0 Å². The second kappa shape index (κ2) is 10.4. The van der Waals surface area contributed by atoms with E-state index in [-0.39, 0.29) is 11.5 Å². The minimum atomic E-state index is -2.27. The number of hydrogen-bond acceptors (Lipinski definition) is 7. The Morgan fingerprint density at radius 1 is 1.00 bits per heavy atom. The quantitative estimate of drug-likeness (QED) is 0.377. The van der Waals surface area contributed by atoms with Crippen LogP contribution in [-0.2, 0) is 9.59 Å². The number of carboxylic acid groups (broad SMARTS) is 2. The van der Waals surface area contributed by atoms with Gasteiger partial charge in [0.2, 0.25) is 0 Å². The van der Waals surface area contributed by atoms with Crippen molar-refractivity contribution in [3.63, 3.8) is 0 Å². The highest BCUT2D eigenvalue weighted by molar-refractivity contribution is 5.83. The van der Waals surface area contributed by atoms with Crippen molar-refractivity contribution in [2.45, 2.75) is 43.1 Å². The second-order valence-electron chi connectivity index (χ2n) is 6.91. The smallest absolute Gasteiger partial charge is 0.335 e. The molecule has 0 saturated heterocycles. The number of benzene rings is 1. The summed E-state index contributed by atoms with van der Waals surface area (Å²) in [5.41, 5.74) is 7.74. The van der Waals surface area contributed by atoms with Crippen LogP contribution >= 0.6 is 0 Å². The molecule has 2 aromatic rings. The van der Waals surface area contributed by atoms with Crippen LogP contribution in [0.5, 0.6) is 0 Å². The third kappa shape index (κ3) is 5.58. The maximum Gasteiger partial charge on any atom is 0.335 e. The summed E-state index contributed by atoms with van der Waals surface area (Å²) >= 11 is 0. The highest BCUT2D eigenvalue weighted by atomic mass is 19.2. The molecule has 7 N–H and O–H groups in total. The number of halogens is 2. The largest absolute Gasteiger partial charge is 0.479 e. The summed E-state index contributed by atoms with van der Waals surface area (Å²) in [6, 6.07) is 7.11. The van der Waals surface area contributed by atoms with Gasteiger partial charge in [-0.2, -0.15) is 0 Å². The number of aliphatic hydroxyl groups excluding tert-OH is 3. The van der Waals surface area contributed by atoms with E-state index in [1.807, 2.05) is 0 Å². The predicted molar refractivity (Wildman–Crippen MR) is 102 cm³/mol. The number of aliphatic hydroxyl groups is 3. The van der Waals surface area contributed by atoms with Crippen LogP contribution in [0.25, 0.3) is 0 Å². The summed E-state index contributed by atoms with van der Waals surface area (Å²) in [7, 11) is 0. The zero-order chi connectivity index (χ0) is 23.3. The molecule has 0 radical (unpaired) electrons. The topological polar surface area (TPSA) is 174 Å². The highest BCUT2D eigenvalue weighted by Gasteiger charge is 2.32. The third-order valence-corrected chi connectivity index (χ3v) is 4.92. The molecule has 5 atom stereocenters. The molecule has 0 spiro atoms. The third-order valence-electron chi connectivity index (χ3n) is 4.92. The molecular formula is C20H22F2N2O7. The fourth-order valence-electron chi connectivity index (χ4n) is 3.29. The molecule has 1 aromatic heterocycles. The lowest BCUT2D eigenvalue weighted by atomic mass is 9.86. The first-order valence-corrected chi connectivity index (χ1v) is 9.20. The first-order chi connectivity index (χ1) is 14.6. The molecule has 0 saturated carbocycles. The summed E-state index contributed by atoms with van der Waals surface area (Å²) in [4.78, 5) is 23.7. The Bertz CT molecular complexity index is 925. The van der Waals surface area contributed by atoms with Crippen LogP contribution < -0.4 is 5.73 Å². The number of rotatable bonds is 4. The first-order valence-electron chi connectivity index (χ1n) is 9.20. The molecule has 1 aliphatic carbocycles. The minimum Gasteiger partial charge on any atom is -0.479 e. The number of pyridine rings is 1. The predicted octanol–water partition coefficient (Wildman–Crippen LogP) is 0.848. The van der Waals surface area contributed by atoms with Gasteiger partial charge < -0.3 is 31.3 Å². The van der Waals surface area contributed by atoms with Crippen LogP contribution in [0.1, 0.15) is 47.7 Å². The maximum absolute atomic E-state index is 14.1. The van der Waals surface area contributed by atoms with Gasteiger partial charge in [-0.15, -0.1) is 0 Å². The Labute approximate surface area is 175 Å². The molecule has 3 rings (SSSR count).